The van der Waals surface area contributed by atoms with Crippen LogP contribution in [0.1, 0.15) is 47.1 Å². The molecule has 0 radical (unpaired) electrons. The lowest BCUT2D eigenvalue weighted by atomic mass is 10.0. The zero-order valence-corrected chi connectivity index (χ0v) is 18.0. The number of thiophene rings is 1. The van der Waals surface area contributed by atoms with Crippen molar-refractivity contribution in [2.24, 2.45) is 0 Å². The van der Waals surface area contributed by atoms with Crippen molar-refractivity contribution in [2.75, 3.05) is 18.7 Å². The standard InChI is InChI=1S/C20H24N2O4S2/c1-5-24-19(23)17-14(8-13-6-7-15-16(9-13)26-10-25-15)12(4)28-18(17)22-20(27)21-11(2)3/h6-7,9,11H,5,8,10H2,1-4H3,(H2,21,22,27). The normalized spacial score (nSPS) is 12.2. The molecule has 2 aromatic rings. The second kappa shape index (κ2) is 8.79. The quantitative estimate of drug-likeness (QED) is 0.535. The number of carbonyl (C=O) groups is 1. The highest BCUT2D eigenvalue weighted by molar-refractivity contribution is 7.80. The lowest BCUT2D eigenvalue weighted by Crippen LogP contribution is -2.34. The minimum Gasteiger partial charge on any atom is -0.462 e. The Hall–Kier alpha value is -2.32. The molecule has 0 amide bonds. The first-order chi connectivity index (χ1) is 13.4. The Bertz CT molecular complexity index is 893. The van der Waals surface area contributed by atoms with E-state index < -0.39 is 0 Å². The van der Waals surface area contributed by atoms with Crippen LogP contribution < -0.4 is 20.1 Å². The number of carbonyl (C=O) groups excluding carboxylic acids is 1. The molecule has 0 aliphatic carbocycles. The molecule has 0 spiro atoms. The third-order valence-corrected chi connectivity index (χ3v) is 5.44. The molecule has 2 heterocycles. The van der Waals surface area contributed by atoms with Gasteiger partial charge in [-0.25, -0.2) is 4.79 Å². The van der Waals surface area contributed by atoms with E-state index >= 15 is 0 Å². The molecular formula is C20H24N2O4S2. The summed E-state index contributed by atoms with van der Waals surface area (Å²) >= 11 is 6.86. The molecule has 3 rings (SSSR count). The molecular weight excluding hydrogens is 396 g/mol. The summed E-state index contributed by atoms with van der Waals surface area (Å²) in [5, 5.41) is 7.49. The van der Waals surface area contributed by atoms with E-state index in [0.717, 1.165) is 27.5 Å². The molecule has 0 atom stereocenters. The Labute approximate surface area is 174 Å². The van der Waals surface area contributed by atoms with Gasteiger partial charge < -0.3 is 24.8 Å². The van der Waals surface area contributed by atoms with Crippen molar-refractivity contribution in [3.63, 3.8) is 0 Å². The average Bonchev–Trinajstić information content (AvgIpc) is 3.19. The number of benzene rings is 1. The van der Waals surface area contributed by atoms with Gasteiger partial charge in [-0.15, -0.1) is 11.3 Å². The zero-order valence-electron chi connectivity index (χ0n) is 16.4. The molecule has 28 heavy (non-hydrogen) atoms. The van der Waals surface area contributed by atoms with Gasteiger partial charge in [0.2, 0.25) is 6.79 Å². The predicted molar refractivity (Wildman–Crippen MR) is 115 cm³/mol. The predicted octanol–water partition coefficient (Wildman–Crippen LogP) is 4.25. The van der Waals surface area contributed by atoms with Gasteiger partial charge in [0.05, 0.1) is 12.2 Å². The van der Waals surface area contributed by atoms with E-state index in [1.54, 1.807) is 6.92 Å². The molecule has 8 heteroatoms. The maximum Gasteiger partial charge on any atom is 0.341 e. The SMILES string of the molecule is CCOC(=O)c1c(NC(=S)NC(C)C)sc(C)c1Cc1ccc2c(c1)OCO2. The van der Waals surface area contributed by atoms with Crippen LogP contribution >= 0.6 is 23.6 Å². The average molecular weight is 421 g/mol. The Kier molecular flexibility index (Phi) is 6.41. The van der Waals surface area contributed by atoms with Crippen molar-refractivity contribution < 1.29 is 19.0 Å². The Balaban J connectivity index is 1.92. The van der Waals surface area contributed by atoms with E-state index in [1.165, 1.54) is 11.3 Å². The van der Waals surface area contributed by atoms with Crippen LogP contribution in [0.15, 0.2) is 18.2 Å². The van der Waals surface area contributed by atoms with Gasteiger partial charge in [0.15, 0.2) is 16.6 Å². The molecule has 1 aromatic heterocycles. The van der Waals surface area contributed by atoms with Crippen molar-refractivity contribution in [1.82, 2.24) is 5.32 Å². The van der Waals surface area contributed by atoms with Crippen molar-refractivity contribution >= 4 is 39.6 Å². The maximum absolute atomic E-state index is 12.7. The van der Waals surface area contributed by atoms with E-state index in [2.05, 4.69) is 10.6 Å². The first-order valence-corrected chi connectivity index (χ1v) is 10.4. The van der Waals surface area contributed by atoms with Gasteiger partial charge in [0.25, 0.3) is 0 Å². The summed E-state index contributed by atoms with van der Waals surface area (Å²) in [5.74, 6) is 1.12. The number of ether oxygens (including phenoxy) is 3. The summed E-state index contributed by atoms with van der Waals surface area (Å²) in [6.45, 7) is 8.35. The fourth-order valence-electron chi connectivity index (χ4n) is 2.96. The Morgan fingerprint density at radius 3 is 2.79 bits per heavy atom. The number of esters is 1. The van der Waals surface area contributed by atoms with Crippen LogP contribution in [-0.4, -0.2) is 30.5 Å². The number of fused-ring (bicyclic) bond motifs is 1. The van der Waals surface area contributed by atoms with Gasteiger partial charge in [0, 0.05) is 10.9 Å². The second-order valence-electron chi connectivity index (χ2n) is 6.68. The molecule has 0 saturated carbocycles. The van der Waals surface area contributed by atoms with Crippen molar-refractivity contribution in [3.8, 4) is 11.5 Å². The third kappa shape index (κ3) is 4.56. The first kappa shape index (κ1) is 20.4. The van der Waals surface area contributed by atoms with E-state index in [1.807, 2.05) is 39.0 Å². The first-order valence-electron chi connectivity index (χ1n) is 9.14. The summed E-state index contributed by atoms with van der Waals surface area (Å²) in [5.41, 5.74) is 2.50. The zero-order chi connectivity index (χ0) is 20.3. The van der Waals surface area contributed by atoms with Gasteiger partial charge in [-0.2, -0.15) is 0 Å². The molecule has 1 aliphatic heterocycles. The molecule has 2 N–H and O–H groups in total. The molecule has 0 saturated heterocycles. The van der Waals surface area contributed by atoms with Crippen molar-refractivity contribution in [3.05, 3.63) is 39.8 Å². The maximum atomic E-state index is 12.7. The van der Waals surface area contributed by atoms with Gasteiger partial charge in [0.1, 0.15) is 5.00 Å². The minimum atomic E-state index is -0.350. The number of aryl methyl sites for hydroxylation is 1. The minimum absolute atomic E-state index is 0.195. The van der Waals surface area contributed by atoms with Crippen LogP contribution in [0.4, 0.5) is 5.00 Å². The number of thiocarbonyl (C=S) groups is 1. The lowest BCUT2D eigenvalue weighted by molar-refractivity contribution is 0.0527. The third-order valence-electron chi connectivity index (χ3n) is 4.15. The van der Waals surface area contributed by atoms with Crippen LogP contribution in [0.5, 0.6) is 11.5 Å². The lowest BCUT2D eigenvalue weighted by Gasteiger charge is -2.13. The highest BCUT2D eigenvalue weighted by Crippen LogP contribution is 2.37. The number of anilines is 1. The summed E-state index contributed by atoms with van der Waals surface area (Å²) in [4.78, 5) is 13.8. The van der Waals surface area contributed by atoms with Crippen LogP contribution in [0.3, 0.4) is 0 Å². The molecule has 0 unspecified atom stereocenters. The largest absolute Gasteiger partial charge is 0.462 e. The van der Waals surface area contributed by atoms with Crippen molar-refractivity contribution in [1.29, 1.82) is 0 Å². The topological polar surface area (TPSA) is 68.8 Å². The van der Waals surface area contributed by atoms with Crippen LogP contribution in [0, 0.1) is 6.92 Å². The second-order valence-corrected chi connectivity index (χ2v) is 8.31. The number of hydrogen-bond acceptors (Lipinski definition) is 6. The monoisotopic (exact) mass is 420 g/mol. The highest BCUT2D eigenvalue weighted by atomic mass is 32.1. The fraction of sp³-hybridized carbons (Fsp3) is 0.400. The molecule has 1 aromatic carbocycles. The summed E-state index contributed by atoms with van der Waals surface area (Å²) < 4.78 is 16.2. The Morgan fingerprint density at radius 1 is 1.32 bits per heavy atom. The highest BCUT2D eigenvalue weighted by Gasteiger charge is 2.25. The molecule has 0 fully saturated rings. The van der Waals surface area contributed by atoms with Crippen LogP contribution in [-0.2, 0) is 11.2 Å². The van der Waals surface area contributed by atoms with E-state index in [0.29, 0.717) is 28.7 Å². The summed E-state index contributed by atoms with van der Waals surface area (Å²) in [6, 6.07) is 6.02. The smallest absolute Gasteiger partial charge is 0.341 e. The molecule has 6 nitrogen and oxygen atoms in total. The fourth-order valence-corrected chi connectivity index (χ4v) is 4.42. The molecule has 150 valence electrons. The number of hydrogen-bond donors (Lipinski definition) is 2. The van der Waals surface area contributed by atoms with E-state index in [-0.39, 0.29) is 18.8 Å². The van der Waals surface area contributed by atoms with Crippen LogP contribution in [0.25, 0.3) is 0 Å². The molecule has 0 bridgehead atoms. The number of rotatable bonds is 6. The van der Waals surface area contributed by atoms with Crippen LogP contribution in [0.2, 0.25) is 0 Å². The van der Waals surface area contributed by atoms with E-state index in [9.17, 15) is 4.79 Å². The summed E-state index contributed by atoms with van der Waals surface area (Å²) in [6.07, 6.45) is 0.583. The van der Waals surface area contributed by atoms with E-state index in [4.69, 9.17) is 26.4 Å². The number of nitrogens with one attached hydrogen (secondary N) is 2. The van der Waals surface area contributed by atoms with Gasteiger partial charge >= 0.3 is 5.97 Å². The van der Waals surface area contributed by atoms with Gasteiger partial charge in [-0.05, 0) is 69.6 Å². The summed E-state index contributed by atoms with van der Waals surface area (Å²) in [7, 11) is 0. The van der Waals surface area contributed by atoms with Gasteiger partial charge in [-0.3, -0.25) is 0 Å². The Morgan fingerprint density at radius 2 is 2.07 bits per heavy atom. The van der Waals surface area contributed by atoms with Crippen molar-refractivity contribution in [2.45, 2.75) is 40.2 Å². The molecule has 1 aliphatic rings. The van der Waals surface area contributed by atoms with Gasteiger partial charge in [-0.1, -0.05) is 6.07 Å².